The average molecular weight is 404 g/mol. The molecule has 29 heavy (non-hydrogen) atoms. The molecule has 2 aromatic carbocycles. The zero-order valence-corrected chi connectivity index (χ0v) is 16.2. The zero-order valence-electron chi connectivity index (χ0n) is 15.4. The molecule has 5 aromatic rings. The number of aromatic nitrogens is 3. The van der Waals surface area contributed by atoms with E-state index in [2.05, 4.69) is 15.3 Å². The first-order valence-corrected chi connectivity index (χ1v) is 9.86. The highest BCUT2D eigenvalue weighted by molar-refractivity contribution is 7.14. The van der Waals surface area contributed by atoms with E-state index >= 15 is 0 Å². The van der Waals surface area contributed by atoms with Crippen LogP contribution in [0.1, 0.15) is 5.56 Å². The molecule has 0 aliphatic heterocycles. The average Bonchev–Trinajstić information content (AvgIpc) is 3.39. The van der Waals surface area contributed by atoms with E-state index in [1.165, 1.54) is 11.3 Å². The van der Waals surface area contributed by atoms with Crippen molar-refractivity contribution in [2.24, 2.45) is 7.05 Å². The predicted octanol–water partition coefficient (Wildman–Crippen LogP) is 3.92. The Bertz CT molecular complexity index is 1420. The lowest BCUT2D eigenvalue weighted by Gasteiger charge is -2.01. The van der Waals surface area contributed by atoms with E-state index in [-0.39, 0.29) is 12.3 Å². The number of amides is 1. The van der Waals surface area contributed by atoms with Crippen molar-refractivity contribution in [2.75, 3.05) is 5.32 Å². The Hall–Kier alpha value is -3.65. The first kappa shape index (κ1) is 17.4. The number of carbonyl (C=O) groups excluding carboxylic acids is 1. The predicted molar refractivity (Wildman–Crippen MR) is 113 cm³/mol. The van der Waals surface area contributed by atoms with Gasteiger partial charge in [-0.2, -0.15) is 0 Å². The second-order valence-corrected chi connectivity index (χ2v) is 7.63. The molecule has 0 atom stereocenters. The maximum absolute atomic E-state index is 12.6. The summed E-state index contributed by atoms with van der Waals surface area (Å²) < 4.78 is 7.12. The van der Waals surface area contributed by atoms with Gasteiger partial charge in [-0.05, 0) is 23.8 Å². The largest absolute Gasteiger partial charge is 0.417 e. The summed E-state index contributed by atoms with van der Waals surface area (Å²) in [7, 11) is 1.97. The van der Waals surface area contributed by atoms with Crippen molar-refractivity contribution in [2.45, 2.75) is 6.42 Å². The summed E-state index contributed by atoms with van der Waals surface area (Å²) in [6.45, 7) is 0. The molecule has 5 rings (SSSR count). The normalized spacial score (nSPS) is 11.3. The van der Waals surface area contributed by atoms with Crippen LogP contribution in [-0.4, -0.2) is 20.4 Å². The maximum atomic E-state index is 12.6. The highest BCUT2D eigenvalue weighted by atomic mass is 32.1. The van der Waals surface area contributed by atoms with Gasteiger partial charge in [-0.25, -0.2) is 9.78 Å². The molecular weight excluding hydrogens is 388 g/mol. The van der Waals surface area contributed by atoms with Crippen molar-refractivity contribution in [3.05, 3.63) is 70.2 Å². The number of hydrogen-bond donors (Lipinski definition) is 2. The second kappa shape index (κ2) is 6.75. The smallest absolute Gasteiger partial charge is 0.408 e. The van der Waals surface area contributed by atoms with Crippen LogP contribution in [0.5, 0.6) is 0 Å². The molecule has 0 saturated carbocycles. The number of anilines is 1. The monoisotopic (exact) mass is 404 g/mol. The van der Waals surface area contributed by atoms with Crippen molar-refractivity contribution < 1.29 is 9.21 Å². The van der Waals surface area contributed by atoms with Crippen LogP contribution in [0.3, 0.4) is 0 Å². The minimum absolute atomic E-state index is 0.116. The zero-order chi connectivity index (χ0) is 20.0. The van der Waals surface area contributed by atoms with Crippen LogP contribution < -0.4 is 11.1 Å². The summed E-state index contributed by atoms with van der Waals surface area (Å²) >= 11 is 1.35. The molecule has 7 nitrogen and oxygen atoms in total. The first-order valence-electron chi connectivity index (χ1n) is 8.98. The van der Waals surface area contributed by atoms with Gasteiger partial charge in [0, 0.05) is 35.1 Å². The molecule has 1 amide bonds. The van der Waals surface area contributed by atoms with Gasteiger partial charge in [0.05, 0.1) is 17.6 Å². The molecule has 3 heterocycles. The van der Waals surface area contributed by atoms with Crippen LogP contribution in [0.15, 0.2) is 63.3 Å². The van der Waals surface area contributed by atoms with E-state index < -0.39 is 5.76 Å². The first-order chi connectivity index (χ1) is 14.1. The van der Waals surface area contributed by atoms with E-state index in [1.54, 1.807) is 12.1 Å². The van der Waals surface area contributed by atoms with Gasteiger partial charge in [0.25, 0.3) is 0 Å². The lowest BCUT2D eigenvalue weighted by molar-refractivity contribution is -0.115. The molecule has 144 valence electrons. The molecule has 0 radical (unpaired) electrons. The van der Waals surface area contributed by atoms with E-state index in [1.807, 2.05) is 53.5 Å². The SMILES string of the molecule is Cn1cc(CC(=O)Nc2nc(-c3ccc4[nH]c(=O)oc4c3)cs2)c2ccccc21. The van der Waals surface area contributed by atoms with Gasteiger partial charge in [-0.15, -0.1) is 11.3 Å². The number of rotatable bonds is 4. The van der Waals surface area contributed by atoms with Crippen molar-refractivity contribution in [1.82, 2.24) is 14.5 Å². The molecule has 0 unspecified atom stereocenters. The number of H-pyrrole nitrogens is 1. The van der Waals surface area contributed by atoms with Gasteiger partial charge >= 0.3 is 5.76 Å². The number of carbonyl (C=O) groups is 1. The molecule has 2 N–H and O–H groups in total. The van der Waals surface area contributed by atoms with Crippen LogP contribution in [0.25, 0.3) is 33.3 Å². The highest BCUT2D eigenvalue weighted by Gasteiger charge is 2.13. The number of hydrogen-bond acceptors (Lipinski definition) is 5. The Balaban J connectivity index is 1.35. The number of nitrogens with one attached hydrogen (secondary N) is 2. The van der Waals surface area contributed by atoms with Gasteiger partial charge in [0.15, 0.2) is 10.7 Å². The lowest BCUT2D eigenvalue weighted by atomic mass is 10.1. The van der Waals surface area contributed by atoms with Gasteiger partial charge in [0.1, 0.15) is 0 Å². The molecule has 0 bridgehead atoms. The summed E-state index contributed by atoms with van der Waals surface area (Å²) in [6, 6.07) is 13.4. The lowest BCUT2D eigenvalue weighted by Crippen LogP contribution is -2.14. The van der Waals surface area contributed by atoms with E-state index in [0.29, 0.717) is 21.9 Å². The van der Waals surface area contributed by atoms with E-state index in [9.17, 15) is 9.59 Å². The Labute approximate surface area is 168 Å². The fourth-order valence-electron chi connectivity index (χ4n) is 3.47. The number of para-hydroxylation sites is 1. The van der Waals surface area contributed by atoms with Gasteiger partial charge in [0.2, 0.25) is 5.91 Å². The summed E-state index contributed by atoms with van der Waals surface area (Å²) in [5, 5.41) is 6.34. The minimum Gasteiger partial charge on any atom is -0.408 e. The van der Waals surface area contributed by atoms with Crippen molar-refractivity contribution in [3.63, 3.8) is 0 Å². The molecule has 8 heteroatoms. The topological polar surface area (TPSA) is 92.9 Å². The van der Waals surface area contributed by atoms with Crippen molar-refractivity contribution in [3.8, 4) is 11.3 Å². The van der Waals surface area contributed by atoms with Crippen LogP contribution in [0.2, 0.25) is 0 Å². The molecule has 0 aliphatic carbocycles. The van der Waals surface area contributed by atoms with Crippen LogP contribution >= 0.6 is 11.3 Å². The quantitative estimate of drug-likeness (QED) is 0.475. The summed E-state index contributed by atoms with van der Waals surface area (Å²) in [6.07, 6.45) is 2.26. The Morgan fingerprint density at radius 3 is 3.03 bits per heavy atom. The van der Waals surface area contributed by atoms with Gasteiger partial charge in [-0.3, -0.25) is 9.78 Å². The number of fused-ring (bicyclic) bond motifs is 2. The Morgan fingerprint density at radius 2 is 2.14 bits per heavy atom. The molecule has 0 fully saturated rings. The molecular formula is C21H16N4O3S. The third-order valence-electron chi connectivity index (χ3n) is 4.80. The summed E-state index contributed by atoms with van der Waals surface area (Å²) in [5.41, 5.74) is 4.70. The Morgan fingerprint density at radius 1 is 1.28 bits per heavy atom. The number of aromatic amines is 1. The third kappa shape index (κ3) is 3.23. The molecule has 0 saturated heterocycles. The molecule has 3 aromatic heterocycles. The summed E-state index contributed by atoms with van der Waals surface area (Å²) in [5.74, 6) is -0.605. The van der Waals surface area contributed by atoms with E-state index in [0.717, 1.165) is 22.0 Å². The maximum Gasteiger partial charge on any atom is 0.417 e. The fraction of sp³-hybridized carbons (Fsp3) is 0.0952. The molecule has 0 aliphatic rings. The summed E-state index contributed by atoms with van der Waals surface area (Å²) in [4.78, 5) is 31.0. The van der Waals surface area contributed by atoms with Crippen LogP contribution in [0, 0.1) is 0 Å². The number of oxazole rings is 1. The van der Waals surface area contributed by atoms with Gasteiger partial charge in [-0.1, -0.05) is 24.3 Å². The second-order valence-electron chi connectivity index (χ2n) is 6.77. The highest BCUT2D eigenvalue weighted by Crippen LogP contribution is 2.27. The number of thiazole rings is 1. The third-order valence-corrected chi connectivity index (χ3v) is 5.56. The van der Waals surface area contributed by atoms with E-state index in [4.69, 9.17) is 4.42 Å². The number of benzene rings is 2. The van der Waals surface area contributed by atoms with Gasteiger partial charge < -0.3 is 14.3 Å². The minimum atomic E-state index is -0.489. The van der Waals surface area contributed by atoms with Crippen LogP contribution in [-0.2, 0) is 18.3 Å². The fourth-order valence-corrected chi connectivity index (χ4v) is 4.21. The van der Waals surface area contributed by atoms with Crippen molar-refractivity contribution in [1.29, 1.82) is 0 Å². The number of aryl methyl sites for hydroxylation is 1. The van der Waals surface area contributed by atoms with Crippen molar-refractivity contribution >= 4 is 44.4 Å². The standard InChI is InChI=1S/C21H16N4O3S/c1-25-10-13(14-4-2-3-5-17(14)25)9-19(26)24-20-22-16(11-29-20)12-6-7-15-18(8-12)28-21(27)23-15/h2-8,10-11H,9H2,1H3,(H,23,27)(H,22,24,26). The Kier molecular flexibility index (Phi) is 4.06. The molecule has 0 spiro atoms. The number of nitrogens with zero attached hydrogens (tertiary/aromatic N) is 2. The van der Waals surface area contributed by atoms with Crippen LogP contribution in [0.4, 0.5) is 5.13 Å².